The van der Waals surface area contributed by atoms with Gasteiger partial charge in [0, 0.05) is 25.2 Å². The van der Waals surface area contributed by atoms with E-state index >= 15 is 0 Å². The zero-order valence-electron chi connectivity index (χ0n) is 14.2. The van der Waals surface area contributed by atoms with Crippen LogP contribution in [0.5, 0.6) is 0 Å². The monoisotopic (exact) mass is 354 g/mol. The molecule has 0 radical (unpaired) electrons. The van der Waals surface area contributed by atoms with Gasteiger partial charge in [0.2, 0.25) is 5.91 Å². The largest absolute Gasteiger partial charge is 0.365 e. The van der Waals surface area contributed by atoms with Gasteiger partial charge in [-0.2, -0.15) is 5.26 Å². The summed E-state index contributed by atoms with van der Waals surface area (Å²) in [7, 11) is 0. The van der Waals surface area contributed by atoms with E-state index in [1.54, 1.807) is 29.2 Å². The first-order valence-corrected chi connectivity index (χ1v) is 8.76. The summed E-state index contributed by atoms with van der Waals surface area (Å²) >= 11 is 0. The van der Waals surface area contributed by atoms with Crippen molar-refractivity contribution >= 4 is 11.6 Å². The molecule has 1 amide bonds. The molecule has 0 spiro atoms. The Morgan fingerprint density at radius 2 is 2.19 bits per heavy atom. The van der Waals surface area contributed by atoms with E-state index in [-0.39, 0.29) is 29.5 Å². The third kappa shape index (κ3) is 3.01. The van der Waals surface area contributed by atoms with E-state index < -0.39 is 5.82 Å². The van der Waals surface area contributed by atoms with Crippen molar-refractivity contribution < 1.29 is 9.18 Å². The average Bonchev–Trinajstić information content (AvgIpc) is 3.22. The standard InChI is InChI=1S/C18H19FN6O/c19-14-8-12(9-20)4-5-16(14)24-10-15(22-18(26)13-2-1-3-13)17(11-24)25-7-6-21-23-25/h4-8,13,15,17H,1-3,10-11H2,(H,22,26)/t15-,17+/m1/s1. The van der Waals surface area contributed by atoms with E-state index in [0.717, 1.165) is 19.3 Å². The zero-order valence-corrected chi connectivity index (χ0v) is 14.2. The summed E-state index contributed by atoms with van der Waals surface area (Å²) in [5.41, 5.74) is 0.711. The predicted octanol–water partition coefficient (Wildman–Crippen LogP) is 1.64. The number of hydrogen-bond donors (Lipinski definition) is 1. The van der Waals surface area contributed by atoms with E-state index in [1.165, 1.54) is 6.07 Å². The molecule has 4 rings (SSSR count). The Labute approximate surface area is 150 Å². The molecule has 0 bridgehead atoms. The van der Waals surface area contributed by atoms with Crippen molar-refractivity contribution in [3.63, 3.8) is 0 Å². The maximum Gasteiger partial charge on any atom is 0.223 e. The topological polar surface area (TPSA) is 86.8 Å². The lowest BCUT2D eigenvalue weighted by Crippen LogP contribution is -2.45. The van der Waals surface area contributed by atoms with E-state index in [9.17, 15) is 9.18 Å². The van der Waals surface area contributed by atoms with E-state index in [1.807, 2.05) is 11.0 Å². The number of nitriles is 1. The molecule has 1 aliphatic carbocycles. The summed E-state index contributed by atoms with van der Waals surface area (Å²) in [4.78, 5) is 14.3. The summed E-state index contributed by atoms with van der Waals surface area (Å²) in [5.74, 6) is -0.284. The second-order valence-corrected chi connectivity index (χ2v) is 6.88. The molecule has 8 heteroatoms. The van der Waals surface area contributed by atoms with Crippen molar-refractivity contribution in [2.24, 2.45) is 5.92 Å². The van der Waals surface area contributed by atoms with Crippen LogP contribution in [0.3, 0.4) is 0 Å². The minimum atomic E-state index is -0.438. The lowest BCUT2D eigenvalue weighted by molar-refractivity contribution is -0.128. The Balaban J connectivity index is 1.56. The lowest BCUT2D eigenvalue weighted by atomic mass is 9.84. The fraction of sp³-hybridized carbons (Fsp3) is 0.444. The third-order valence-corrected chi connectivity index (χ3v) is 5.29. The van der Waals surface area contributed by atoms with Crippen molar-refractivity contribution in [3.8, 4) is 6.07 Å². The predicted molar refractivity (Wildman–Crippen MR) is 91.7 cm³/mol. The van der Waals surface area contributed by atoms with Crippen LogP contribution in [-0.2, 0) is 4.79 Å². The van der Waals surface area contributed by atoms with Crippen LogP contribution in [-0.4, -0.2) is 40.0 Å². The molecule has 2 fully saturated rings. The number of hydrogen-bond acceptors (Lipinski definition) is 5. The minimum Gasteiger partial charge on any atom is -0.365 e. The molecule has 7 nitrogen and oxygen atoms in total. The third-order valence-electron chi connectivity index (χ3n) is 5.29. The molecule has 1 N–H and O–H groups in total. The number of carbonyl (C=O) groups excluding carboxylic acids is 1. The summed E-state index contributed by atoms with van der Waals surface area (Å²) < 4.78 is 16.1. The second kappa shape index (κ2) is 6.75. The first kappa shape index (κ1) is 16.5. The molecular weight excluding hydrogens is 335 g/mol. The Hall–Kier alpha value is -2.95. The molecule has 2 heterocycles. The van der Waals surface area contributed by atoms with E-state index in [2.05, 4.69) is 15.6 Å². The summed E-state index contributed by atoms with van der Waals surface area (Å²) in [6, 6.07) is 6.08. The first-order valence-electron chi connectivity index (χ1n) is 8.76. The van der Waals surface area contributed by atoms with Crippen LogP contribution in [0.1, 0.15) is 30.9 Å². The highest BCUT2D eigenvalue weighted by Gasteiger charge is 2.38. The number of nitrogens with one attached hydrogen (secondary N) is 1. The van der Waals surface area contributed by atoms with Crippen molar-refractivity contribution in [1.29, 1.82) is 5.26 Å². The number of nitrogens with zero attached hydrogens (tertiary/aromatic N) is 5. The van der Waals surface area contributed by atoms with Gasteiger partial charge >= 0.3 is 0 Å². The number of benzene rings is 1. The van der Waals surface area contributed by atoms with Crippen LogP contribution in [0.2, 0.25) is 0 Å². The Morgan fingerprint density at radius 3 is 2.81 bits per heavy atom. The summed E-state index contributed by atoms with van der Waals surface area (Å²) in [5, 5.41) is 19.9. The van der Waals surface area contributed by atoms with Crippen LogP contribution < -0.4 is 10.2 Å². The second-order valence-electron chi connectivity index (χ2n) is 6.88. The number of rotatable bonds is 4. The molecule has 1 saturated heterocycles. The molecule has 134 valence electrons. The molecule has 2 aromatic rings. The highest BCUT2D eigenvalue weighted by atomic mass is 19.1. The molecule has 1 aliphatic heterocycles. The highest BCUT2D eigenvalue weighted by molar-refractivity contribution is 5.80. The number of amides is 1. The quantitative estimate of drug-likeness (QED) is 0.902. The van der Waals surface area contributed by atoms with Gasteiger partial charge in [-0.15, -0.1) is 5.10 Å². The Morgan fingerprint density at radius 1 is 1.35 bits per heavy atom. The van der Waals surface area contributed by atoms with Crippen molar-refractivity contribution in [1.82, 2.24) is 20.3 Å². The smallest absolute Gasteiger partial charge is 0.223 e. The highest BCUT2D eigenvalue weighted by Crippen LogP contribution is 2.31. The fourth-order valence-electron chi connectivity index (χ4n) is 3.59. The van der Waals surface area contributed by atoms with Crippen molar-refractivity contribution in [3.05, 3.63) is 42.0 Å². The van der Waals surface area contributed by atoms with Gasteiger partial charge in [-0.1, -0.05) is 11.6 Å². The summed E-state index contributed by atoms with van der Waals surface area (Å²) in [6.07, 6.45) is 6.31. The van der Waals surface area contributed by atoms with Gasteiger partial charge in [0.05, 0.1) is 35.6 Å². The average molecular weight is 354 g/mol. The van der Waals surface area contributed by atoms with E-state index in [0.29, 0.717) is 18.8 Å². The van der Waals surface area contributed by atoms with Gasteiger partial charge in [-0.05, 0) is 31.0 Å². The normalized spacial score (nSPS) is 22.7. The van der Waals surface area contributed by atoms with E-state index in [4.69, 9.17) is 5.26 Å². The molecule has 1 aromatic heterocycles. The maximum atomic E-state index is 14.4. The first-order chi connectivity index (χ1) is 12.7. The summed E-state index contributed by atoms with van der Waals surface area (Å²) in [6.45, 7) is 0.980. The Bertz CT molecular complexity index is 842. The minimum absolute atomic E-state index is 0.0634. The van der Waals surface area contributed by atoms with Gasteiger partial charge in [0.15, 0.2) is 0 Å². The van der Waals surface area contributed by atoms with Crippen LogP contribution in [0.4, 0.5) is 10.1 Å². The SMILES string of the molecule is N#Cc1ccc(N2C[C@@H](NC(=O)C3CCC3)[C@@H](n3ccnn3)C2)c(F)c1. The molecule has 2 atom stereocenters. The number of halogens is 1. The molecule has 1 saturated carbocycles. The molecule has 1 aromatic carbocycles. The van der Waals surface area contributed by atoms with Crippen LogP contribution in [0.25, 0.3) is 0 Å². The van der Waals surface area contributed by atoms with Crippen LogP contribution in [0, 0.1) is 23.1 Å². The molecule has 0 unspecified atom stereocenters. The number of carbonyl (C=O) groups is 1. The van der Waals surface area contributed by atoms with Gasteiger partial charge in [0.25, 0.3) is 0 Å². The molecule has 2 aliphatic rings. The zero-order chi connectivity index (χ0) is 18.1. The van der Waals surface area contributed by atoms with Crippen molar-refractivity contribution in [2.75, 3.05) is 18.0 Å². The van der Waals surface area contributed by atoms with Crippen LogP contribution in [0.15, 0.2) is 30.6 Å². The van der Waals surface area contributed by atoms with Gasteiger partial charge in [-0.3, -0.25) is 4.79 Å². The van der Waals surface area contributed by atoms with Crippen LogP contribution >= 0.6 is 0 Å². The van der Waals surface area contributed by atoms with Gasteiger partial charge in [0.1, 0.15) is 5.82 Å². The lowest BCUT2D eigenvalue weighted by Gasteiger charge is -2.27. The number of aromatic nitrogens is 3. The fourth-order valence-corrected chi connectivity index (χ4v) is 3.59. The van der Waals surface area contributed by atoms with Crippen molar-refractivity contribution in [2.45, 2.75) is 31.3 Å². The Kier molecular flexibility index (Phi) is 4.29. The number of anilines is 1. The van der Waals surface area contributed by atoms with Gasteiger partial charge in [-0.25, -0.2) is 9.07 Å². The molecule has 26 heavy (non-hydrogen) atoms. The molecular formula is C18H19FN6O. The maximum absolute atomic E-state index is 14.4. The van der Waals surface area contributed by atoms with Gasteiger partial charge < -0.3 is 10.2 Å².